The van der Waals surface area contributed by atoms with Gasteiger partial charge in [-0.25, -0.2) is 0 Å². The van der Waals surface area contributed by atoms with Gasteiger partial charge in [0.05, 0.1) is 13.2 Å². The zero-order chi connectivity index (χ0) is 15.1. The molecule has 1 aromatic carbocycles. The molecule has 0 heterocycles. The maximum absolute atomic E-state index is 11.9. The van der Waals surface area contributed by atoms with E-state index in [1.807, 2.05) is 46.1 Å². The second-order valence-corrected chi connectivity index (χ2v) is 5.31. The molecule has 0 radical (unpaired) electrons. The highest BCUT2D eigenvalue weighted by Gasteiger charge is 2.17. The number of carbonyl (C=O) groups is 1. The smallest absolute Gasteiger partial charge is 0.222 e. The zero-order valence-corrected chi connectivity index (χ0v) is 13.1. The number of ether oxygens (including phenoxy) is 1. The highest BCUT2D eigenvalue weighted by molar-refractivity contribution is 5.78. The standard InChI is InChI=1S/C16H26N2O2/c1-6-12(2)16(19)17-11-15(18(3)4)13-8-7-9-14(10-13)20-5/h7-10,12,15H,6,11H2,1-5H3,(H,17,19). The van der Waals surface area contributed by atoms with Crippen LogP contribution < -0.4 is 10.1 Å². The fraction of sp³-hybridized carbons (Fsp3) is 0.562. The molecule has 0 bridgehead atoms. The van der Waals surface area contributed by atoms with Crippen molar-refractivity contribution < 1.29 is 9.53 Å². The number of methoxy groups -OCH3 is 1. The predicted molar refractivity (Wildman–Crippen MR) is 81.9 cm³/mol. The lowest BCUT2D eigenvalue weighted by molar-refractivity contribution is -0.124. The van der Waals surface area contributed by atoms with Crippen molar-refractivity contribution >= 4 is 5.91 Å². The molecule has 0 aromatic heterocycles. The van der Waals surface area contributed by atoms with Crippen LogP contribution in [0.1, 0.15) is 31.9 Å². The van der Waals surface area contributed by atoms with Crippen LogP contribution in [0.15, 0.2) is 24.3 Å². The number of benzene rings is 1. The molecule has 1 aromatic rings. The lowest BCUT2D eigenvalue weighted by Crippen LogP contribution is -2.36. The van der Waals surface area contributed by atoms with Crippen LogP contribution in [0.5, 0.6) is 5.75 Å². The summed E-state index contributed by atoms with van der Waals surface area (Å²) in [6, 6.07) is 8.11. The molecule has 112 valence electrons. The highest BCUT2D eigenvalue weighted by Crippen LogP contribution is 2.22. The number of amides is 1. The quantitative estimate of drug-likeness (QED) is 0.833. The number of carbonyl (C=O) groups excluding carboxylic acids is 1. The third kappa shape index (κ3) is 4.53. The lowest BCUT2D eigenvalue weighted by atomic mass is 10.0. The Bertz CT molecular complexity index is 432. The van der Waals surface area contributed by atoms with E-state index in [0.29, 0.717) is 6.54 Å². The van der Waals surface area contributed by atoms with E-state index in [1.165, 1.54) is 0 Å². The second kappa shape index (κ2) is 7.90. The van der Waals surface area contributed by atoms with Crippen LogP contribution in [0.2, 0.25) is 0 Å². The van der Waals surface area contributed by atoms with Gasteiger partial charge >= 0.3 is 0 Å². The van der Waals surface area contributed by atoms with E-state index in [1.54, 1.807) is 7.11 Å². The van der Waals surface area contributed by atoms with Gasteiger partial charge in [0.25, 0.3) is 0 Å². The summed E-state index contributed by atoms with van der Waals surface area (Å²) in [4.78, 5) is 14.0. The zero-order valence-electron chi connectivity index (χ0n) is 13.1. The van der Waals surface area contributed by atoms with Gasteiger partial charge in [0, 0.05) is 12.5 Å². The Balaban J connectivity index is 2.76. The fourth-order valence-corrected chi connectivity index (χ4v) is 2.00. The van der Waals surface area contributed by atoms with Crippen molar-refractivity contribution in [3.63, 3.8) is 0 Å². The van der Waals surface area contributed by atoms with Crippen molar-refractivity contribution in [2.24, 2.45) is 5.92 Å². The Labute approximate surface area is 122 Å². The Kier molecular flexibility index (Phi) is 6.52. The summed E-state index contributed by atoms with van der Waals surface area (Å²) in [6.07, 6.45) is 0.859. The van der Waals surface area contributed by atoms with E-state index in [9.17, 15) is 4.79 Å². The van der Waals surface area contributed by atoms with E-state index >= 15 is 0 Å². The van der Waals surface area contributed by atoms with E-state index < -0.39 is 0 Å². The SMILES string of the molecule is CCC(C)C(=O)NCC(c1cccc(OC)c1)N(C)C. The second-order valence-electron chi connectivity index (χ2n) is 5.31. The Morgan fingerprint density at radius 1 is 1.40 bits per heavy atom. The number of hydrogen-bond acceptors (Lipinski definition) is 3. The van der Waals surface area contributed by atoms with Gasteiger partial charge in [0.2, 0.25) is 5.91 Å². The van der Waals surface area contributed by atoms with Crippen LogP contribution in [0.4, 0.5) is 0 Å². The minimum Gasteiger partial charge on any atom is -0.497 e. The van der Waals surface area contributed by atoms with Crippen molar-refractivity contribution in [3.05, 3.63) is 29.8 Å². The van der Waals surface area contributed by atoms with Crippen LogP contribution >= 0.6 is 0 Å². The molecule has 4 heteroatoms. The first kappa shape index (κ1) is 16.5. The molecule has 0 saturated carbocycles. The van der Waals surface area contributed by atoms with Crippen LogP contribution in [0.25, 0.3) is 0 Å². The number of nitrogens with zero attached hydrogens (tertiary/aromatic N) is 1. The van der Waals surface area contributed by atoms with Gasteiger partial charge in [0.1, 0.15) is 5.75 Å². The van der Waals surface area contributed by atoms with Crippen molar-refractivity contribution in [2.45, 2.75) is 26.3 Å². The van der Waals surface area contributed by atoms with Crippen LogP contribution in [0, 0.1) is 5.92 Å². The van der Waals surface area contributed by atoms with Crippen LogP contribution in [0.3, 0.4) is 0 Å². The highest BCUT2D eigenvalue weighted by atomic mass is 16.5. The molecule has 1 rings (SSSR count). The first-order chi connectivity index (χ1) is 9.49. The lowest BCUT2D eigenvalue weighted by Gasteiger charge is -2.26. The topological polar surface area (TPSA) is 41.6 Å². The molecule has 0 spiro atoms. The third-order valence-electron chi connectivity index (χ3n) is 3.63. The van der Waals surface area contributed by atoms with Gasteiger partial charge in [-0.05, 0) is 38.2 Å². The molecule has 0 saturated heterocycles. The average molecular weight is 278 g/mol. The monoisotopic (exact) mass is 278 g/mol. The maximum atomic E-state index is 11.9. The van der Waals surface area contributed by atoms with E-state index in [4.69, 9.17) is 4.74 Å². The molecular weight excluding hydrogens is 252 g/mol. The first-order valence-corrected chi connectivity index (χ1v) is 7.07. The fourth-order valence-electron chi connectivity index (χ4n) is 2.00. The largest absolute Gasteiger partial charge is 0.497 e. The molecule has 0 aliphatic carbocycles. The normalized spacial score (nSPS) is 13.9. The minimum absolute atomic E-state index is 0.0584. The Morgan fingerprint density at radius 3 is 2.65 bits per heavy atom. The number of rotatable bonds is 7. The Hall–Kier alpha value is -1.55. The summed E-state index contributed by atoms with van der Waals surface area (Å²) >= 11 is 0. The first-order valence-electron chi connectivity index (χ1n) is 7.07. The Morgan fingerprint density at radius 2 is 2.10 bits per heavy atom. The van der Waals surface area contributed by atoms with Crippen molar-refractivity contribution in [1.29, 1.82) is 0 Å². The molecule has 0 fully saturated rings. The molecule has 1 N–H and O–H groups in total. The van der Waals surface area contributed by atoms with Gasteiger partial charge in [0.15, 0.2) is 0 Å². The molecule has 4 nitrogen and oxygen atoms in total. The minimum atomic E-state index is 0.0584. The summed E-state index contributed by atoms with van der Waals surface area (Å²) in [5, 5.41) is 3.03. The molecular formula is C16H26N2O2. The summed E-state index contributed by atoms with van der Waals surface area (Å²) in [5.41, 5.74) is 1.14. The van der Waals surface area contributed by atoms with Gasteiger partial charge in [-0.3, -0.25) is 4.79 Å². The van der Waals surface area contributed by atoms with E-state index in [-0.39, 0.29) is 17.9 Å². The number of likely N-dealkylation sites (N-methyl/N-ethyl adjacent to an activating group) is 1. The summed E-state index contributed by atoms with van der Waals surface area (Å²) < 4.78 is 5.26. The summed E-state index contributed by atoms with van der Waals surface area (Å²) in [6.45, 7) is 4.57. The van der Waals surface area contributed by atoms with Crippen LogP contribution in [-0.2, 0) is 4.79 Å². The number of nitrogens with one attached hydrogen (secondary N) is 1. The maximum Gasteiger partial charge on any atom is 0.222 e. The summed E-state index contributed by atoms with van der Waals surface area (Å²) in [5.74, 6) is 1.01. The van der Waals surface area contributed by atoms with Gasteiger partial charge in [-0.15, -0.1) is 0 Å². The van der Waals surface area contributed by atoms with Gasteiger partial charge in [-0.2, -0.15) is 0 Å². The van der Waals surface area contributed by atoms with Crippen molar-refractivity contribution in [1.82, 2.24) is 10.2 Å². The molecule has 2 unspecified atom stereocenters. The molecule has 1 amide bonds. The van der Waals surface area contributed by atoms with Gasteiger partial charge in [-0.1, -0.05) is 26.0 Å². The van der Waals surface area contributed by atoms with E-state index in [0.717, 1.165) is 17.7 Å². The molecule has 20 heavy (non-hydrogen) atoms. The molecule has 0 aliphatic rings. The predicted octanol–water partition coefficient (Wildman–Crippen LogP) is 2.46. The van der Waals surface area contributed by atoms with Crippen molar-refractivity contribution in [3.8, 4) is 5.75 Å². The van der Waals surface area contributed by atoms with E-state index in [2.05, 4.69) is 16.3 Å². The number of hydrogen-bond donors (Lipinski definition) is 1. The average Bonchev–Trinajstić information content (AvgIpc) is 2.46. The van der Waals surface area contributed by atoms with Crippen molar-refractivity contribution in [2.75, 3.05) is 27.7 Å². The molecule has 0 aliphatic heterocycles. The molecule has 2 atom stereocenters. The van der Waals surface area contributed by atoms with Gasteiger partial charge < -0.3 is 15.0 Å². The third-order valence-corrected chi connectivity index (χ3v) is 3.63. The summed E-state index contributed by atoms with van der Waals surface area (Å²) in [7, 11) is 5.69. The van der Waals surface area contributed by atoms with Crippen LogP contribution in [-0.4, -0.2) is 38.6 Å².